The molecule has 0 spiro atoms. The molecule has 0 atom stereocenters. The van der Waals surface area contributed by atoms with Crippen LogP contribution >= 0.6 is 35.3 Å². The fourth-order valence-corrected chi connectivity index (χ4v) is 5.19. The van der Waals surface area contributed by atoms with Gasteiger partial charge in [0.05, 0.1) is 11.7 Å². The lowest BCUT2D eigenvalue weighted by atomic mass is 10.1. The third-order valence-electron chi connectivity index (χ3n) is 4.94. The predicted molar refractivity (Wildman–Crippen MR) is 125 cm³/mol. The number of benzene rings is 2. The topological polar surface area (TPSA) is 80.0 Å². The summed E-state index contributed by atoms with van der Waals surface area (Å²) in [6.07, 6.45) is 0. The summed E-state index contributed by atoms with van der Waals surface area (Å²) in [5.41, 5.74) is 4.86. The number of carbonyl (C=O) groups excluding carboxylic acids is 1. The molecule has 2 aromatic carbocycles. The Morgan fingerprint density at radius 1 is 1.06 bits per heavy atom. The molecule has 6 nitrogen and oxygen atoms in total. The van der Waals surface area contributed by atoms with E-state index in [0.29, 0.717) is 20.0 Å². The van der Waals surface area contributed by atoms with Crippen molar-refractivity contribution in [3.05, 3.63) is 73.5 Å². The lowest BCUT2D eigenvalue weighted by Crippen LogP contribution is -2.26. The maximum atomic E-state index is 13.5. The van der Waals surface area contributed by atoms with Crippen LogP contribution in [0, 0.1) is 24.7 Å². The van der Waals surface area contributed by atoms with Crippen LogP contribution in [0.25, 0.3) is 21.7 Å². The van der Waals surface area contributed by atoms with Crippen LogP contribution in [0.3, 0.4) is 0 Å². The van der Waals surface area contributed by atoms with Gasteiger partial charge in [0, 0.05) is 11.4 Å². The molecule has 0 N–H and O–H groups in total. The van der Waals surface area contributed by atoms with Crippen molar-refractivity contribution in [2.24, 2.45) is 0 Å². The maximum absolute atomic E-state index is 13.5. The molecule has 0 unspecified atom stereocenters. The summed E-state index contributed by atoms with van der Waals surface area (Å²) < 4.78 is 4.12. The molecule has 0 bridgehead atoms. The van der Waals surface area contributed by atoms with Crippen LogP contribution in [0.5, 0.6) is 0 Å². The molecule has 0 aliphatic heterocycles. The molecule has 2 heterocycles. The Balaban J connectivity index is 2.02. The number of rotatable bonds is 5. The normalized spacial score (nSPS) is 11.2. The van der Waals surface area contributed by atoms with E-state index in [-0.39, 0.29) is 16.5 Å². The zero-order valence-corrected chi connectivity index (χ0v) is 19.5. The maximum Gasteiger partial charge on any atom is 0.278 e. The summed E-state index contributed by atoms with van der Waals surface area (Å²) in [7, 11) is 0. The van der Waals surface area contributed by atoms with Gasteiger partial charge >= 0.3 is 0 Å². The number of fused-ring (bicyclic) bond motifs is 1. The van der Waals surface area contributed by atoms with Gasteiger partial charge in [-0.15, -0.1) is 0 Å². The molecule has 0 saturated carbocycles. The van der Waals surface area contributed by atoms with E-state index in [4.69, 9.17) is 17.2 Å². The minimum atomic E-state index is -1.23. The average Bonchev–Trinajstić information content (AvgIpc) is 3.06. The third kappa shape index (κ3) is 4.08. The SMILES string of the molecule is Cc1ccc(-n2c(SCC(=O)[O-])nc3c(sc(=S)n3-c3ccc(C)c(C)c3)c2=O)cc1. The average molecular weight is 469 g/mol. The van der Waals surface area contributed by atoms with E-state index in [1.165, 1.54) is 15.9 Å². The van der Waals surface area contributed by atoms with E-state index in [1.54, 1.807) is 4.57 Å². The van der Waals surface area contributed by atoms with Crippen molar-refractivity contribution in [3.8, 4) is 11.4 Å². The van der Waals surface area contributed by atoms with Crippen LogP contribution in [0.15, 0.2) is 52.4 Å². The molecule has 31 heavy (non-hydrogen) atoms. The molecule has 0 aliphatic carbocycles. The number of hydrogen-bond donors (Lipinski definition) is 0. The molecule has 4 aromatic rings. The number of nitrogens with zero attached hydrogens (tertiary/aromatic N) is 3. The van der Waals surface area contributed by atoms with Crippen LogP contribution < -0.4 is 10.7 Å². The molecule has 0 radical (unpaired) electrons. The minimum Gasteiger partial charge on any atom is -0.549 e. The van der Waals surface area contributed by atoms with E-state index in [0.717, 1.165) is 34.1 Å². The van der Waals surface area contributed by atoms with Gasteiger partial charge < -0.3 is 9.90 Å². The van der Waals surface area contributed by atoms with E-state index in [1.807, 2.05) is 63.2 Å². The molecular weight excluding hydrogens is 450 g/mol. The number of aliphatic carboxylic acids is 1. The summed E-state index contributed by atoms with van der Waals surface area (Å²) in [6, 6.07) is 13.3. The molecule has 4 rings (SSSR count). The van der Waals surface area contributed by atoms with Crippen molar-refractivity contribution < 1.29 is 9.90 Å². The van der Waals surface area contributed by atoms with Gasteiger partial charge in [0.2, 0.25) is 0 Å². The Labute approximate surface area is 191 Å². The third-order valence-corrected chi connectivity index (χ3v) is 7.20. The second kappa shape index (κ2) is 8.41. The second-order valence-corrected chi connectivity index (χ2v) is 9.74. The highest BCUT2D eigenvalue weighted by Crippen LogP contribution is 2.28. The smallest absolute Gasteiger partial charge is 0.278 e. The second-order valence-electron chi connectivity index (χ2n) is 7.16. The van der Waals surface area contributed by atoms with Crippen LogP contribution in [0.2, 0.25) is 0 Å². The fraction of sp³-hybridized carbons (Fsp3) is 0.182. The van der Waals surface area contributed by atoms with E-state index in [2.05, 4.69) is 0 Å². The van der Waals surface area contributed by atoms with Crippen molar-refractivity contribution in [2.45, 2.75) is 25.9 Å². The first-order valence-corrected chi connectivity index (χ1v) is 11.6. The first-order chi connectivity index (χ1) is 14.8. The van der Waals surface area contributed by atoms with Gasteiger partial charge in [-0.3, -0.25) is 13.9 Å². The molecule has 0 saturated heterocycles. The van der Waals surface area contributed by atoms with Crippen LogP contribution in [0.4, 0.5) is 0 Å². The van der Waals surface area contributed by atoms with E-state index >= 15 is 0 Å². The molecule has 0 fully saturated rings. The number of hydrogen-bond acceptors (Lipinski definition) is 7. The van der Waals surface area contributed by atoms with Gasteiger partial charge in [0.25, 0.3) is 5.56 Å². The first kappa shape index (κ1) is 21.5. The number of carboxylic acids is 1. The van der Waals surface area contributed by atoms with Crippen LogP contribution in [-0.2, 0) is 4.79 Å². The van der Waals surface area contributed by atoms with Crippen molar-refractivity contribution in [2.75, 3.05) is 5.75 Å². The van der Waals surface area contributed by atoms with E-state index < -0.39 is 5.97 Å². The molecule has 9 heteroatoms. The van der Waals surface area contributed by atoms with Gasteiger partial charge in [0.1, 0.15) is 4.70 Å². The number of thioether (sulfide) groups is 1. The molecular formula is C22H18N3O3S3-. The highest BCUT2D eigenvalue weighted by Gasteiger charge is 2.19. The minimum absolute atomic E-state index is 0.274. The summed E-state index contributed by atoms with van der Waals surface area (Å²) >= 11 is 7.73. The highest BCUT2D eigenvalue weighted by molar-refractivity contribution is 7.99. The Hall–Kier alpha value is -2.75. The quantitative estimate of drug-likeness (QED) is 0.252. The number of aryl methyl sites for hydroxylation is 3. The zero-order chi connectivity index (χ0) is 22.3. The van der Waals surface area contributed by atoms with Crippen LogP contribution in [-0.4, -0.2) is 25.8 Å². The largest absolute Gasteiger partial charge is 0.549 e. The van der Waals surface area contributed by atoms with Crippen molar-refractivity contribution in [1.29, 1.82) is 0 Å². The van der Waals surface area contributed by atoms with Gasteiger partial charge in [-0.2, -0.15) is 0 Å². The number of carboxylic acid groups (broad SMARTS) is 1. The Bertz CT molecular complexity index is 1430. The Kier molecular flexibility index (Phi) is 5.83. The number of carbonyl (C=O) groups is 1. The fourth-order valence-electron chi connectivity index (χ4n) is 3.17. The van der Waals surface area contributed by atoms with Gasteiger partial charge in [0.15, 0.2) is 14.8 Å². The highest BCUT2D eigenvalue weighted by atomic mass is 32.2. The Morgan fingerprint density at radius 3 is 2.39 bits per heavy atom. The summed E-state index contributed by atoms with van der Waals surface area (Å²) in [6.45, 7) is 5.99. The number of aromatic nitrogens is 3. The molecule has 158 valence electrons. The van der Waals surface area contributed by atoms with Gasteiger partial charge in [-0.1, -0.05) is 46.9 Å². The first-order valence-electron chi connectivity index (χ1n) is 9.42. The Morgan fingerprint density at radius 2 is 1.74 bits per heavy atom. The van der Waals surface area contributed by atoms with Gasteiger partial charge in [-0.25, -0.2) is 4.98 Å². The lowest BCUT2D eigenvalue weighted by molar-refractivity contribution is -0.301. The molecule has 0 aliphatic rings. The van der Waals surface area contributed by atoms with Gasteiger partial charge in [-0.05, 0) is 68.4 Å². The van der Waals surface area contributed by atoms with Crippen LogP contribution in [0.1, 0.15) is 16.7 Å². The standard InChI is InChI=1S/C22H19N3O3S3/c1-12-4-7-15(8-5-12)25-20(28)18-19(23-21(25)30-11-17(26)27)24(22(29)31-18)16-9-6-13(2)14(3)10-16/h4-10H,11H2,1-3H3,(H,26,27)/p-1. The monoisotopic (exact) mass is 468 g/mol. The zero-order valence-electron chi connectivity index (χ0n) is 17.0. The lowest BCUT2D eigenvalue weighted by Gasteiger charge is -2.13. The van der Waals surface area contributed by atoms with Crippen molar-refractivity contribution >= 4 is 51.6 Å². The van der Waals surface area contributed by atoms with Crippen molar-refractivity contribution in [3.63, 3.8) is 0 Å². The molecule has 2 aromatic heterocycles. The van der Waals surface area contributed by atoms with E-state index in [9.17, 15) is 14.7 Å². The summed E-state index contributed by atoms with van der Waals surface area (Å²) in [5, 5.41) is 11.4. The van der Waals surface area contributed by atoms with Crippen molar-refractivity contribution in [1.82, 2.24) is 14.1 Å². The number of thiazole rings is 1. The summed E-state index contributed by atoms with van der Waals surface area (Å²) in [4.78, 5) is 29.3. The summed E-state index contributed by atoms with van der Waals surface area (Å²) in [5.74, 6) is -1.55. The molecule has 0 amide bonds. The predicted octanol–water partition coefficient (Wildman–Crippen LogP) is 3.73.